The summed E-state index contributed by atoms with van der Waals surface area (Å²) in [6.45, 7) is 0. The minimum Gasteiger partial charge on any atom is -0.497 e. The van der Waals surface area contributed by atoms with Crippen molar-refractivity contribution in [2.45, 2.75) is 12.3 Å². The van der Waals surface area contributed by atoms with Crippen LogP contribution in [0.2, 0.25) is 0 Å². The zero-order chi connectivity index (χ0) is 13.5. The molecule has 2 amide bonds. The fourth-order valence-corrected chi connectivity index (χ4v) is 1.54. The smallest absolute Gasteiger partial charge is 0.241 e. The first-order valence-electron chi connectivity index (χ1n) is 5.26. The number of rotatable bonds is 5. The second kappa shape index (κ2) is 6.58. The van der Waals surface area contributed by atoms with Gasteiger partial charge in [-0.2, -0.15) is 0 Å². The lowest BCUT2D eigenvalue weighted by atomic mass is 9.94. The van der Waals surface area contributed by atoms with Gasteiger partial charge in [0.15, 0.2) is 0 Å². The molecule has 0 fully saturated rings. The van der Waals surface area contributed by atoms with Gasteiger partial charge in [0.1, 0.15) is 5.75 Å². The van der Waals surface area contributed by atoms with Crippen LogP contribution in [-0.2, 0) is 9.59 Å². The van der Waals surface area contributed by atoms with Crippen LogP contribution in [0.25, 0.3) is 0 Å². The van der Waals surface area contributed by atoms with Crippen LogP contribution >= 0.6 is 0 Å². The first kappa shape index (κ1) is 13.9. The van der Waals surface area contributed by atoms with E-state index >= 15 is 0 Å². The molecule has 0 heterocycles. The van der Waals surface area contributed by atoms with E-state index in [1.54, 1.807) is 31.4 Å². The average molecular weight is 252 g/mol. The van der Waals surface area contributed by atoms with Crippen molar-refractivity contribution in [1.29, 1.82) is 0 Å². The second-order valence-electron chi connectivity index (χ2n) is 3.61. The number of hydrogen-bond donors (Lipinski definition) is 4. The third kappa shape index (κ3) is 3.44. The first-order valence-corrected chi connectivity index (χ1v) is 5.26. The van der Waals surface area contributed by atoms with E-state index in [0.717, 1.165) is 0 Å². The highest BCUT2D eigenvalue weighted by Gasteiger charge is 2.22. The van der Waals surface area contributed by atoms with Crippen LogP contribution in [0.3, 0.4) is 0 Å². The Hall–Kier alpha value is -2.12. The molecule has 0 radical (unpaired) electrons. The minimum absolute atomic E-state index is 0.0775. The van der Waals surface area contributed by atoms with Crippen LogP contribution in [0.1, 0.15) is 17.9 Å². The van der Waals surface area contributed by atoms with E-state index in [-0.39, 0.29) is 6.42 Å². The summed E-state index contributed by atoms with van der Waals surface area (Å²) < 4.78 is 5.01. The van der Waals surface area contributed by atoms with Crippen molar-refractivity contribution < 1.29 is 14.3 Å². The lowest BCUT2D eigenvalue weighted by Crippen LogP contribution is -2.38. The van der Waals surface area contributed by atoms with Gasteiger partial charge in [-0.25, -0.2) is 11.7 Å². The second-order valence-corrected chi connectivity index (χ2v) is 3.61. The highest BCUT2D eigenvalue weighted by molar-refractivity contribution is 5.89. The molecule has 0 aliphatic rings. The molecule has 18 heavy (non-hydrogen) atoms. The van der Waals surface area contributed by atoms with Crippen LogP contribution in [0.4, 0.5) is 0 Å². The number of nitrogens with one attached hydrogen (secondary N) is 2. The van der Waals surface area contributed by atoms with Gasteiger partial charge in [0, 0.05) is 6.42 Å². The van der Waals surface area contributed by atoms with E-state index < -0.39 is 17.7 Å². The third-order valence-corrected chi connectivity index (χ3v) is 2.53. The fraction of sp³-hybridized carbons (Fsp3) is 0.273. The summed E-state index contributed by atoms with van der Waals surface area (Å²) in [5.41, 5.74) is 4.67. The minimum atomic E-state index is -0.690. The third-order valence-electron chi connectivity index (χ3n) is 2.53. The Balaban J connectivity index is 2.93. The van der Waals surface area contributed by atoms with Gasteiger partial charge in [-0.1, -0.05) is 12.1 Å². The lowest BCUT2D eigenvalue weighted by molar-refractivity contribution is -0.127. The Bertz CT molecular complexity index is 419. The molecule has 0 aromatic heterocycles. The summed E-state index contributed by atoms with van der Waals surface area (Å²) in [7, 11) is 1.54. The van der Waals surface area contributed by atoms with Gasteiger partial charge in [0.2, 0.25) is 11.8 Å². The summed E-state index contributed by atoms with van der Waals surface area (Å²) >= 11 is 0. The summed E-state index contributed by atoms with van der Waals surface area (Å²) in [4.78, 5) is 22.9. The Morgan fingerprint density at radius 1 is 1.22 bits per heavy atom. The molecule has 0 saturated carbocycles. The van der Waals surface area contributed by atoms with Crippen LogP contribution in [0.15, 0.2) is 24.3 Å². The van der Waals surface area contributed by atoms with Crippen molar-refractivity contribution in [3.63, 3.8) is 0 Å². The molecular weight excluding hydrogens is 236 g/mol. The summed E-state index contributed by atoms with van der Waals surface area (Å²) in [5, 5.41) is 0. The predicted octanol–water partition coefficient (Wildman–Crippen LogP) is -0.851. The van der Waals surface area contributed by atoms with Gasteiger partial charge in [-0.15, -0.1) is 0 Å². The predicted molar refractivity (Wildman–Crippen MR) is 65.0 cm³/mol. The van der Waals surface area contributed by atoms with Gasteiger partial charge in [0.25, 0.3) is 0 Å². The first-order chi connectivity index (χ1) is 8.62. The molecule has 7 heteroatoms. The molecule has 1 rings (SSSR count). The number of benzene rings is 1. The van der Waals surface area contributed by atoms with Crippen molar-refractivity contribution in [2.75, 3.05) is 7.11 Å². The number of methoxy groups -OCH3 is 1. The maximum Gasteiger partial charge on any atom is 0.241 e. The average Bonchev–Trinajstić information content (AvgIpc) is 2.43. The fourth-order valence-electron chi connectivity index (χ4n) is 1.54. The molecule has 98 valence electrons. The van der Waals surface area contributed by atoms with E-state index in [1.165, 1.54) is 0 Å². The summed E-state index contributed by atoms with van der Waals surface area (Å²) in [5.74, 6) is 9.17. The maximum atomic E-state index is 11.6. The number of hydrazine groups is 2. The molecule has 6 N–H and O–H groups in total. The zero-order valence-electron chi connectivity index (χ0n) is 9.97. The van der Waals surface area contributed by atoms with Crippen molar-refractivity contribution in [3.05, 3.63) is 29.8 Å². The maximum absolute atomic E-state index is 11.6. The Labute approximate surface area is 104 Å². The molecule has 0 bridgehead atoms. The van der Waals surface area contributed by atoms with E-state index in [4.69, 9.17) is 16.4 Å². The van der Waals surface area contributed by atoms with Gasteiger partial charge in [-0.05, 0) is 17.7 Å². The zero-order valence-corrected chi connectivity index (χ0v) is 9.97. The van der Waals surface area contributed by atoms with Crippen molar-refractivity contribution in [3.8, 4) is 5.75 Å². The van der Waals surface area contributed by atoms with Crippen molar-refractivity contribution in [2.24, 2.45) is 11.7 Å². The number of hydrogen-bond acceptors (Lipinski definition) is 5. The number of amides is 2. The SMILES string of the molecule is COc1ccc(C(CC(=O)NN)C(=O)NN)cc1. The molecule has 7 nitrogen and oxygen atoms in total. The van der Waals surface area contributed by atoms with Gasteiger partial charge >= 0.3 is 0 Å². The monoisotopic (exact) mass is 252 g/mol. The van der Waals surface area contributed by atoms with E-state index in [2.05, 4.69) is 0 Å². The molecule has 0 spiro atoms. The molecule has 1 atom stereocenters. The van der Waals surface area contributed by atoms with E-state index in [1.807, 2.05) is 10.9 Å². The van der Waals surface area contributed by atoms with Crippen molar-refractivity contribution in [1.82, 2.24) is 10.9 Å². The molecule has 0 saturated heterocycles. The molecule has 0 aliphatic carbocycles. The largest absolute Gasteiger partial charge is 0.497 e. The Morgan fingerprint density at radius 2 is 1.83 bits per heavy atom. The quantitative estimate of drug-likeness (QED) is 0.309. The standard InChI is InChI=1S/C11H16N4O3/c1-18-8-4-2-7(3-5-8)9(11(17)15-13)6-10(16)14-12/h2-5,9H,6,12-13H2,1H3,(H,14,16)(H,15,17). The normalized spacial score (nSPS) is 11.5. The summed E-state index contributed by atoms with van der Waals surface area (Å²) in [6, 6.07) is 6.80. The number of nitrogens with two attached hydrogens (primary N) is 2. The van der Waals surface area contributed by atoms with Crippen LogP contribution in [0, 0.1) is 0 Å². The molecule has 0 aliphatic heterocycles. The Kier molecular flexibility index (Phi) is 5.09. The summed E-state index contributed by atoms with van der Waals surface area (Å²) in [6.07, 6.45) is -0.0775. The highest BCUT2D eigenvalue weighted by atomic mass is 16.5. The van der Waals surface area contributed by atoms with Crippen LogP contribution in [0.5, 0.6) is 5.75 Å². The number of carbonyl (C=O) groups excluding carboxylic acids is 2. The highest BCUT2D eigenvalue weighted by Crippen LogP contribution is 2.22. The van der Waals surface area contributed by atoms with Crippen molar-refractivity contribution >= 4 is 11.8 Å². The van der Waals surface area contributed by atoms with Gasteiger partial charge < -0.3 is 4.74 Å². The van der Waals surface area contributed by atoms with Gasteiger partial charge in [-0.3, -0.25) is 20.4 Å². The van der Waals surface area contributed by atoms with E-state index in [0.29, 0.717) is 11.3 Å². The topological polar surface area (TPSA) is 119 Å². The molecule has 1 aromatic rings. The number of carbonyl (C=O) groups is 2. The molecular formula is C11H16N4O3. The Morgan fingerprint density at radius 3 is 2.28 bits per heavy atom. The van der Waals surface area contributed by atoms with Gasteiger partial charge in [0.05, 0.1) is 13.0 Å². The molecule has 1 unspecified atom stereocenters. The van der Waals surface area contributed by atoms with Crippen LogP contribution in [-0.4, -0.2) is 18.9 Å². The molecule has 1 aromatic carbocycles. The number of ether oxygens (including phenoxy) is 1. The van der Waals surface area contributed by atoms with Crippen LogP contribution < -0.4 is 27.3 Å². The van der Waals surface area contributed by atoms with E-state index in [9.17, 15) is 9.59 Å². The lowest BCUT2D eigenvalue weighted by Gasteiger charge is -2.15.